The Hall–Kier alpha value is -3.65. The molecule has 1 saturated carbocycles. The number of carbonyl (C=O) groups excluding carboxylic acids is 1. The molecule has 186 valence electrons. The second-order valence-electron chi connectivity index (χ2n) is 9.51. The number of piperazine rings is 1. The van der Waals surface area contributed by atoms with Crippen molar-refractivity contribution in [2.75, 3.05) is 37.6 Å². The van der Waals surface area contributed by atoms with Gasteiger partial charge in [0.1, 0.15) is 23.7 Å². The van der Waals surface area contributed by atoms with Gasteiger partial charge in [-0.25, -0.2) is 14.4 Å². The first-order chi connectivity index (χ1) is 17.6. The van der Waals surface area contributed by atoms with Gasteiger partial charge >= 0.3 is 0 Å². The summed E-state index contributed by atoms with van der Waals surface area (Å²) >= 11 is 0. The first-order valence-electron chi connectivity index (χ1n) is 12.6. The van der Waals surface area contributed by atoms with Crippen molar-refractivity contribution in [2.45, 2.75) is 25.2 Å². The van der Waals surface area contributed by atoms with E-state index >= 15 is 0 Å². The van der Waals surface area contributed by atoms with Gasteiger partial charge in [0.05, 0.1) is 24.1 Å². The van der Waals surface area contributed by atoms with E-state index in [1.165, 1.54) is 6.07 Å². The van der Waals surface area contributed by atoms with E-state index in [1.54, 1.807) is 18.3 Å². The standard InChI is InChI=1S/C28H31FN6O/c29-21-5-1-4-20(18-21)22-6-2-7-23(22)24(30)10-11-27-31-19-26(32-27)25-8-3-9-28(33-25)35-14-12-34(13-15-35)16-17-36/h1,3-5,8-11,17-19,22-23,30H,2,6-7,12-16H2,(H,31,32)/b11-10-,30-24?/t22-,23?/m1/s1. The molecule has 2 fully saturated rings. The molecule has 0 amide bonds. The number of anilines is 1. The van der Waals surface area contributed by atoms with Crippen molar-refractivity contribution in [3.8, 4) is 11.4 Å². The van der Waals surface area contributed by atoms with Crippen LogP contribution in [0.5, 0.6) is 0 Å². The van der Waals surface area contributed by atoms with Crippen molar-refractivity contribution in [1.82, 2.24) is 19.9 Å². The molecule has 1 aromatic carbocycles. The van der Waals surface area contributed by atoms with Crippen LogP contribution >= 0.6 is 0 Å². The number of pyridine rings is 1. The normalized spacial score (nSPS) is 20.8. The molecule has 1 aliphatic heterocycles. The number of aldehydes is 1. The number of hydrogen-bond acceptors (Lipinski definition) is 6. The average molecular weight is 487 g/mol. The smallest absolute Gasteiger partial charge is 0.133 e. The van der Waals surface area contributed by atoms with Crippen molar-refractivity contribution >= 4 is 23.9 Å². The van der Waals surface area contributed by atoms with Gasteiger partial charge in [0, 0.05) is 37.8 Å². The highest BCUT2D eigenvalue weighted by atomic mass is 19.1. The molecule has 1 saturated heterocycles. The fourth-order valence-corrected chi connectivity index (χ4v) is 5.33. The average Bonchev–Trinajstić information content (AvgIpc) is 3.58. The van der Waals surface area contributed by atoms with Crippen LogP contribution < -0.4 is 4.90 Å². The molecule has 36 heavy (non-hydrogen) atoms. The van der Waals surface area contributed by atoms with Gasteiger partial charge in [-0.05, 0) is 60.7 Å². The number of aromatic nitrogens is 3. The quantitative estimate of drug-likeness (QED) is 0.360. The summed E-state index contributed by atoms with van der Waals surface area (Å²) < 4.78 is 13.7. The molecule has 2 N–H and O–H groups in total. The molecule has 1 aliphatic carbocycles. The third-order valence-corrected chi connectivity index (χ3v) is 7.25. The number of nitrogens with one attached hydrogen (secondary N) is 2. The molecule has 0 bridgehead atoms. The molecule has 2 aromatic heterocycles. The van der Waals surface area contributed by atoms with Crippen molar-refractivity contribution < 1.29 is 9.18 Å². The number of nitrogens with zero attached hydrogens (tertiary/aromatic N) is 4. The molecule has 3 aromatic rings. The molecule has 8 heteroatoms. The van der Waals surface area contributed by atoms with Crippen LogP contribution in [0.15, 0.2) is 54.7 Å². The second kappa shape index (κ2) is 11.0. The lowest BCUT2D eigenvalue weighted by atomic mass is 9.85. The minimum absolute atomic E-state index is 0.0860. The number of allylic oxidation sites excluding steroid dienone is 1. The van der Waals surface area contributed by atoms with Crippen LogP contribution in [0.25, 0.3) is 17.5 Å². The summed E-state index contributed by atoms with van der Waals surface area (Å²) in [7, 11) is 0. The van der Waals surface area contributed by atoms with Crippen LogP contribution in [-0.4, -0.2) is 64.6 Å². The highest BCUT2D eigenvalue weighted by molar-refractivity contribution is 5.98. The summed E-state index contributed by atoms with van der Waals surface area (Å²) in [5.41, 5.74) is 3.16. The number of hydrogen-bond donors (Lipinski definition) is 2. The summed E-state index contributed by atoms with van der Waals surface area (Å²) in [5.74, 6) is 1.63. The van der Waals surface area contributed by atoms with Crippen LogP contribution in [-0.2, 0) is 4.79 Å². The van der Waals surface area contributed by atoms with Gasteiger partial charge in [0.2, 0.25) is 0 Å². The minimum atomic E-state index is -0.221. The van der Waals surface area contributed by atoms with Crippen molar-refractivity contribution in [3.63, 3.8) is 0 Å². The van der Waals surface area contributed by atoms with E-state index in [0.717, 1.165) is 74.5 Å². The second-order valence-corrected chi connectivity index (χ2v) is 9.51. The van der Waals surface area contributed by atoms with E-state index in [4.69, 9.17) is 10.4 Å². The Balaban J connectivity index is 1.24. The maximum Gasteiger partial charge on any atom is 0.133 e. The van der Waals surface area contributed by atoms with E-state index in [9.17, 15) is 9.18 Å². The Morgan fingerprint density at radius 1 is 1.14 bits per heavy atom. The summed E-state index contributed by atoms with van der Waals surface area (Å²) in [6.07, 6.45) is 9.33. The topological polar surface area (TPSA) is 89.0 Å². The van der Waals surface area contributed by atoms with Gasteiger partial charge < -0.3 is 20.1 Å². The minimum Gasteiger partial charge on any atom is -0.354 e. The highest BCUT2D eigenvalue weighted by Gasteiger charge is 2.31. The number of halogens is 1. The van der Waals surface area contributed by atoms with Gasteiger partial charge in [-0.1, -0.05) is 24.6 Å². The van der Waals surface area contributed by atoms with Gasteiger partial charge in [-0.3, -0.25) is 4.90 Å². The Morgan fingerprint density at radius 3 is 2.78 bits per heavy atom. The number of rotatable bonds is 8. The largest absolute Gasteiger partial charge is 0.354 e. The fourth-order valence-electron chi connectivity index (χ4n) is 5.33. The summed E-state index contributed by atoms with van der Waals surface area (Å²) in [4.78, 5) is 27.7. The van der Waals surface area contributed by atoms with E-state index < -0.39 is 0 Å². The maximum atomic E-state index is 13.7. The molecule has 0 spiro atoms. The summed E-state index contributed by atoms with van der Waals surface area (Å²) in [5, 5.41) is 8.66. The van der Waals surface area contributed by atoms with Crippen molar-refractivity contribution in [2.24, 2.45) is 5.92 Å². The third kappa shape index (κ3) is 5.44. The molecule has 0 radical (unpaired) electrons. The molecule has 2 atom stereocenters. The third-order valence-electron chi connectivity index (χ3n) is 7.25. The first-order valence-corrected chi connectivity index (χ1v) is 12.6. The molecular formula is C28H31FN6O. The maximum absolute atomic E-state index is 13.7. The van der Waals surface area contributed by atoms with Crippen LogP contribution in [0.4, 0.5) is 10.2 Å². The highest BCUT2D eigenvalue weighted by Crippen LogP contribution is 2.40. The van der Waals surface area contributed by atoms with Crippen molar-refractivity contribution in [3.05, 3.63) is 71.9 Å². The van der Waals surface area contributed by atoms with Gasteiger partial charge in [0.25, 0.3) is 0 Å². The van der Waals surface area contributed by atoms with Crippen molar-refractivity contribution in [1.29, 1.82) is 5.41 Å². The zero-order valence-corrected chi connectivity index (χ0v) is 20.2. The Bertz CT molecular complexity index is 1250. The number of H-pyrrole nitrogens is 1. The van der Waals surface area contributed by atoms with Gasteiger partial charge in [0.15, 0.2) is 0 Å². The summed E-state index contributed by atoms with van der Waals surface area (Å²) in [6, 6.07) is 12.7. The zero-order chi connectivity index (χ0) is 24.9. The number of imidazole rings is 1. The first kappa shape index (κ1) is 24.1. The Kier molecular flexibility index (Phi) is 7.32. The van der Waals surface area contributed by atoms with E-state index in [1.807, 2.05) is 36.4 Å². The monoisotopic (exact) mass is 486 g/mol. The number of aromatic amines is 1. The predicted molar refractivity (Wildman–Crippen MR) is 140 cm³/mol. The van der Waals surface area contributed by atoms with Crippen LogP contribution in [0.2, 0.25) is 0 Å². The van der Waals surface area contributed by atoms with Crippen LogP contribution in [0.3, 0.4) is 0 Å². The fraction of sp³-hybridized carbons (Fsp3) is 0.357. The number of carbonyl (C=O) groups is 1. The van der Waals surface area contributed by atoms with E-state index in [0.29, 0.717) is 18.1 Å². The predicted octanol–water partition coefficient (Wildman–Crippen LogP) is 4.55. The SMILES string of the molecule is N=C(/C=C\c1ncc(-c2cccc(N3CCN(CC=O)CC3)n2)[nH]1)C1CCC[C@@H]1c1cccc(F)c1. The number of benzene rings is 1. The van der Waals surface area contributed by atoms with Crippen LogP contribution in [0.1, 0.15) is 36.6 Å². The van der Waals surface area contributed by atoms with Crippen LogP contribution in [0, 0.1) is 17.1 Å². The lowest BCUT2D eigenvalue weighted by molar-refractivity contribution is -0.108. The molecule has 2 aliphatic rings. The Morgan fingerprint density at radius 2 is 1.97 bits per heavy atom. The molecule has 5 rings (SSSR count). The lowest BCUT2D eigenvalue weighted by Crippen LogP contribution is -2.47. The van der Waals surface area contributed by atoms with E-state index in [2.05, 4.69) is 19.8 Å². The van der Waals surface area contributed by atoms with Gasteiger partial charge in [-0.15, -0.1) is 0 Å². The summed E-state index contributed by atoms with van der Waals surface area (Å²) in [6.45, 7) is 3.84. The molecular weight excluding hydrogens is 455 g/mol. The molecule has 7 nitrogen and oxygen atoms in total. The van der Waals surface area contributed by atoms with E-state index in [-0.39, 0.29) is 17.7 Å². The Labute approximate surface area is 210 Å². The molecule has 3 heterocycles. The molecule has 1 unspecified atom stereocenters. The zero-order valence-electron chi connectivity index (χ0n) is 20.2. The van der Waals surface area contributed by atoms with Gasteiger partial charge in [-0.2, -0.15) is 0 Å². The lowest BCUT2D eigenvalue weighted by Gasteiger charge is -2.34.